The van der Waals surface area contributed by atoms with Crippen molar-refractivity contribution in [1.29, 1.82) is 5.26 Å². The summed E-state index contributed by atoms with van der Waals surface area (Å²) in [6, 6.07) is 12.1. The SMILES string of the molecule is CC/C=C\CC(CC(C)CC)Nc1cc2c(C(=O)NCc3cccc(SC)c3)c(C#N)oc2cn1. The summed E-state index contributed by atoms with van der Waals surface area (Å²) in [7, 11) is 0. The Bertz CT molecular complexity index is 1210. The maximum atomic E-state index is 13.1. The highest BCUT2D eigenvalue weighted by molar-refractivity contribution is 7.98. The quantitative estimate of drug-likeness (QED) is 0.211. The van der Waals surface area contributed by atoms with Gasteiger partial charge in [-0.2, -0.15) is 5.26 Å². The largest absolute Gasteiger partial charge is 0.443 e. The first kappa shape index (κ1) is 26.4. The van der Waals surface area contributed by atoms with Gasteiger partial charge in [-0.15, -0.1) is 11.8 Å². The molecular formula is C28H34N4O2S. The Morgan fingerprint density at radius 1 is 1.29 bits per heavy atom. The van der Waals surface area contributed by atoms with E-state index in [4.69, 9.17) is 4.42 Å². The highest BCUT2D eigenvalue weighted by Crippen LogP contribution is 2.28. The molecule has 0 aliphatic carbocycles. The summed E-state index contributed by atoms with van der Waals surface area (Å²) in [5, 5.41) is 16.7. The summed E-state index contributed by atoms with van der Waals surface area (Å²) in [6.07, 6.45) is 12.0. The molecule has 2 heterocycles. The molecule has 1 aromatic carbocycles. The van der Waals surface area contributed by atoms with Crippen LogP contribution in [0.15, 0.2) is 58.0 Å². The summed E-state index contributed by atoms with van der Waals surface area (Å²) in [5.41, 5.74) is 1.66. The fourth-order valence-corrected chi connectivity index (χ4v) is 4.43. The summed E-state index contributed by atoms with van der Waals surface area (Å²) in [5.74, 6) is 0.907. The van der Waals surface area contributed by atoms with Gasteiger partial charge >= 0.3 is 0 Å². The average Bonchev–Trinajstić information content (AvgIpc) is 3.25. The molecule has 2 N–H and O–H groups in total. The van der Waals surface area contributed by atoms with E-state index < -0.39 is 0 Å². The third-order valence-corrected chi connectivity index (χ3v) is 6.78. The van der Waals surface area contributed by atoms with Crippen LogP contribution >= 0.6 is 11.8 Å². The second-order valence-corrected chi connectivity index (χ2v) is 9.60. The molecule has 0 aliphatic heterocycles. The number of allylic oxidation sites excluding steroid dienone is 1. The molecule has 2 unspecified atom stereocenters. The van der Waals surface area contributed by atoms with Crippen LogP contribution in [-0.2, 0) is 6.54 Å². The zero-order valence-corrected chi connectivity index (χ0v) is 21.7. The molecule has 35 heavy (non-hydrogen) atoms. The number of nitrogens with zero attached hydrogens (tertiary/aromatic N) is 2. The van der Waals surface area contributed by atoms with Gasteiger partial charge in [0.25, 0.3) is 5.91 Å². The number of nitriles is 1. The Morgan fingerprint density at radius 3 is 2.83 bits per heavy atom. The Hall–Kier alpha value is -3.24. The molecule has 2 atom stereocenters. The van der Waals surface area contributed by atoms with Gasteiger partial charge in [0, 0.05) is 22.9 Å². The number of furan rings is 1. The standard InChI is InChI=1S/C28H34N4O2S/c1-5-7-8-11-21(13-19(3)6-2)32-26-15-23-25(18-30-26)34-24(16-29)27(23)28(33)31-17-20-10-9-12-22(14-20)35-4/h7-10,12,14-15,18-19,21H,5-6,11,13,17H2,1-4H3,(H,30,32)(H,31,33)/b8-7-. The van der Waals surface area contributed by atoms with Crippen LogP contribution in [0.25, 0.3) is 11.0 Å². The molecule has 6 nitrogen and oxygen atoms in total. The van der Waals surface area contributed by atoms with Crippen molar-refractivity contribution in [1.82, 2.24) is 10.3 Å². The lowest BCUT2D eigenvalue weighted by atomic mass is 9.97. The van der Waals surface area contributed by atoms with Gasteiger partial charge in [-0.1, -0.05) is 51.5 Å². The van der Waals surface area contributed by atoms with E-state index in [2.05, 4.69) is 48.5 Å². The summed E-state index contributed by atoms with van der Waals surface area (Å²) < 4.78 is 5.65. The number of amides is 1. The summed E-state index contributed by atoms with van der Waals surface area (Å²) >= 11 is 1.65. The predicted octanol–water partition coefficient (Wildman–Crippen LogP) is 6.92. The second-order valence-electron chi connectivity index (χ2n) is 8.72. The van der Waals surface area contributed by atoms with Crippen molar-refractivity contribution in [3.05, 3.63) is 65.6 Å². The van der Waals surface area contributed by atoms with Gasteiger partial charge in [0.15, 0.2) is 5.58 Å². The van der Waals surface area contributed by atoms with E-state index in [9.17, 15) is 10.1 Å². The van der Waals surface area contributed by atoms with Crippen LogP contribution in [-0.4, -0.2) is 23.2 Å². The number of pyridine rings is 1. The number of carbonyl (C=O) groups is 1. The zero-order valence-electron chi connectivity index (χ0n) is 20.9. The minimum Gasteiger partial charge on any atom is -0.443 e. The van der Waals surface area contributed by atoms with E-state index >= 15 is 0 Å². The average molecular weight is 491 g/mol. The van der Waals surface area contributed by atoms with E-state index in [0.29, 0.717) is 29.2 Å². The predicted molar refractivity (Wildman–Crippen MR) is 144 cm³/mol. The molecule has 0 radical (unpaired) electrons. The number of anilines is 1. The third-order valence-electron chi connectivity index (χ3n) is 6.05. The number of fused-ring (bicyclic) bond motifs is 1. The number of carbonyl (C=O) groups excluding carboxylic acids is 1. The van der Waals surface area contributed by atoms with Crippen molar-refractivity contribution in [2.24, 2.45) is 5.92 Å². The number of hydrogen-bond donors (Lipinski definition) is 2. The molecule has 0 saturated carbocycles. The van der Waals surface area contributed by atoms with E-state index in [-0.39, 0.29) is 23.3 Å². The third kappa shape index (κ3) is 7.12. The topological polar surface area (TPSA) is 91.0 Å². The van der Waals surface area contributed by atoms with Gasteiger partial charge in [0.2, 0.25) is 5.76 Å². The lowest BCUT2D eigenvalue weighted by Crippen LogP contribution is -2.23. The van der Waals surface area contributed by atoms with Gasteiger partial charge in [-0.25, -0.2) is 4.98 Å². The number of benzene rings is 1. The molecular weight excluding hydrogens is 456 g/mol. The maximum absolute atomic E-state index is 13.1. The molecule has 3 aromatic rings. The highest BCUT2D eigenvalue weighted by atomic mass is 32.2. The van der Waals surface area contributed by atoms with E-state index in [1.165, 1.54) is 0 Å². The molecule has 1 amide bonds. The van der Waals surface area contributed by atoms with Crippen molar-refractivity contribution in [2.45, 2.75) is 63.9 Å². The Kier molecular flexibility index (Phi) is 9.80. The summed E-state index contributed by atoms with van der Waals surface area (Å²) in [6.45, 7) is 6.94. The monoisotopic (exact) mass is 490 g/mol. The van der Waals surface area contributed by atoms with Crippen LogP contribution in [0.4, 0.5) is 5.82 Å². The van der Waals surface area contributed by atoms with Gasteiger partial charge in [0.05, 0.1) is 6.20 Å². The number of thioether (sulfide) groups is 1. The Labute approximate surface area is 212 Å². The van der Waals surface area contributed by atoms with Crippen LogP contribution in [0, 0.1) is 17.2 Å². The molecule has 0 saturated heterocycles. The van der Waals surface area contributed by atoms with Gasteiger partial charge in [0.1, 0.15) is 17.5 Å². The molecule has 0 bridgehead atoms. The number of hydrogen-bond acceptors (Lipinski definition) is 6. The fourth-order valence-electron chi connectivity index (χ4n) is 3.94. The molecule has 2 aromatic heterocycles. The molecule has 0 aliphatic rings. The molecule has 0 spiro atoms. The van der Waals surface area contributed by atoms with E-state index in [1.807, 2.05) is 42.7 Å². The minimum absolute atomic E-state index is 0.00338. The lowest BCUT2D eigenvalue weighted by Gasteiger charge is -2.21. The first-order chi connectivity index (χ1) is 17.0. The Morgan fingerprint density at radius 2 is 2.11 bits per heavy atom. The maximum Gasteiger partial charge on any atom is 0.256 e. The number of rotatable bonds is 12. The molecule has 0 fully saturated rings. The Balaban J connectivity index is 1.84. The van der Waals surface area contributed by atoms with Crippen molar-refractivity contribution >= 4 is 34.5 Å². The van der Waals surface area contributed by atoms with Crippen molar-refractivity contribution in [3.63, 3.8) is 0 Å². The smallest absolute Gasteiger partial charge is 0.256 e. The van der Waals surface area contributed by atoms with E-state index in [1.54, 1.807) is 18.0 Å². The molecule has 7 heteroatoms. The van der Waals surface area contributed by atoms with Gasteiger partial charge in [-0.3, -0.25) is 4.79 Å². The van der Waals surface area contributed by atoms with Crippen LogP contribution < -0.4 is 10.6 Å². The van der Waals surface area contributed by atoms with Crippen molar-refractivity contribution in [2.75, 3.05) is 11.6 Å². The van der Waals surface area contributed by atoms with Gasteiger partial charge in [-0.05, 0) is 55.2 Å². The second kappa shape index (κ2) is 13.0. The first-order valence-corrected chi connectivity index (χ1v) is 13.4. The number of nitrogens with one attached hydrogen (secondary N) is 2. The molecule has 184 valence electrons. The van der Waals surface area contributed by atoms with Crippen LogP contribution in [0.5, 0.6) is 0 Å². The van der Waals surface area contributed by atoms with Gasteiger partial charge < -0.3 is 15.1 Å². The normalized spacial score (nSPS) is 13.0. The fraction of sp³-hybridized carbons (Fsp3) is 0.393. The van der Waals surface area contributed by atoms with Crippen LogP contribution in [0.2, 0.25) is 0 Å². The van der Waals surface area contributed by atoms with Crippen LogP contribution in [0.1, 0.15) is 68.1 Å². The molecule has 3 rings (SSSR count). The van der Waals surface area contributed by atoms with Crippen LogP contribution in [0.3, 0.4) is 0 Å². The first-order valence-electron chi connectivity index (χ1n) is 12.1. The summed E-state index contributed by atoms with van der Waals surface area (Å²) in [4.78, 5) is 18.8. The number of aromatic nitrogens is 1. The van der Waals surface area contributed by atoms with Crippen molar-refractivity contribution < 1.29 is 9.21 Å². The highest BCUT2D eigenvalue weighted by Gasteiger charge is 2.22. The minimum atomic E-state index is -0.339. The lowest BCUT2D eigenvalue weighted by molar-refractivity contribution is 0.0951. The zero-order chi connectivity index (χ0) is 25.2. The van der Waals surface area contributed by atoms with E-state index in [0.717, 1.165) is 36.1 Å². The van der Waals surface area contributed by atoms with Crippen molar-refractivity contribution in [3.8, 4) is 6.07 Å².